The molecule has 0 radical (unpaired) electrons. The van der Waals surface area contributed by atoms with Crippen LogP contribution < -0.4 is 11.1 Å². The summed E-state index contributed by atoms with van der Waals surface area (Å²) in [6.45, 7) is 7.83. The van der Waals surface area contributed by atoms with E-state index in [2.05, 4.69) is 19.2 Å². The summed E-state index contributed by atoms with van der Waals surface area (Å²) in [5, 5.41) is 3.43. The minimum Gasteiger partial charge on any atom is -0.469 e. The highest BCUT2D eigenvalue weighted by molar-refractivity contribution is 5.15. The van der Waals surface area contributed by atoms with Gasteiger partial charge >= 0.3 is 0 Å². The van der Waals surface area contributed by atoms with Gasteiger partial charge in [0.2, 0.25) is 0 Å². The lowest BCUT2D eigenvalue weighted by molar-refractivity contribution is 0.403. The summed E-state index contributed by atoms with van der Waals surface area (Å²) in [4.78, 5) is 0. The number of furan rings is 1. The lowest BCUT2D eigenvalue weighted by atomic mass is 10.0. The molecule has 0 spiro atoms. The fourth-order valence-corrected chi connectivity index (χ4v) is 1.43. The number of hydrogen-bond donors (Lipinski definition) is 2. The maximum atomic E-state index is 5.67. The van der Waals surface area contributed by atoms with Gasteiger partial charge in [-0.3, -0.25) is 0 Å². The van der Waals surface area contributed by atoms with Crippen LogP contribution in [0.1, 0.15) is 25.2 Å². The Balaban J connectivity index is 2.43. The molecule has 0 amide bonds. The van der Waals surface area contributed by atoms with Gasteiger partial charge in [0.25, 0.3) is 0 Å². The number of nitrogens with two attached hydrogens (primary N) is 1. The molecule has 0 saturated heterocycles. The van der Waals surface area contributed by atoms with Crippen molar-refractivity contribution >= 4 is 0 Å². The van der Waals surface area contributed by atoms with Crippen molar-refractivity contribution < 1.29 is 4.42 Å². The van der Waals surface area contributed by atoms with E-state index < -0.39 is 0 Å². The van der Waals surface area contributed by atoms with Gasteiger partial charge in [-0.25, -0.2) is 0 Å². The normalized spacial score (nSPS) is 13.5. The van der Waals surface area contributed by atoms with Crippen LogP contribution in [0.15, 0.2) is 16.7 Å². The van der Waals surface area contributed by atoms with Crippen LogP contribution in [-0.4, -0.2) is 12.6 Å². The first kappa shape index (κ1) is 11.3. The van der Waals surface area contributed by atoms with E-state index in [1.807, 2.05) is 13.0 Å². The van der Waals surface area contributed by atoms with E-state index in [1.54, 1.807) is 6.26 Å². The Morgan fingerprint density at radius 3 is 2.64 bits per heavy atom. The quantitative estimate of drug-likeness (QED) is 0.753. The number of nitrogens with one attached hydrogen (secondary N) is 1. The van der Waals surface area contributed by atoms with Crippen LogP contribution in [0, 0.1) is 12.8 Å². The highest BCUT2D eigenvalue weighted by Gasteiger charge is 2.11. The Bertz CT molecular complexity index is 268. The van der Waals surface area contributed by atoms with Crippen LogP contribution in [-0.2, 0) is 6.54 Å². The van der Waals surface area contributed by atoms with E-state index in [-0.39, 0.29) is 0 Å². The van der Waals surface area contributed by atoms with Gasteiger partial charge in [-0.1, -0.05) is 13.8 Å². The zero-order valence-electron chi connectivity index (χ0n) is 9.21. The van der Waals surface area contributed by atoms with Crippen LogP contribution in [0.2, 0.25) is 0 Å². The summed E-state index contributed by atoms with van der Waals surface area (Å²) < 4.78 is 5.22. The zero-order chi connectivity index (χ0) is 10.6. The molecule has 0 aliphatic carbocycles. The molecule has 1 aromatic heterocycles. The fourth-order valence-electron chi connectivity index (χ4n) is 1.43. The molecule has 3 heteroatoms. The molecule has 3 N–H and O–H groups in total. The van der Waals surface area contributed by atoms with Crippen molar-refractivity contribution in [2.45, 2.75) is 33.4 Å². The molecule has 0 aliphatic heterocycles. The molecule has 0 bridgehead atoms. The first-order valence-electron chi connectivity index (χ1n) is 5.11. The zero-order valence-corrected chi connectivity index (χ0v) is 9.21. The third-order valence-corrected chi connectivity index (χ3v) is 2.58. The predicted octanol–water partition coefficient (Wildman–Crippen LogP) is 1.66. The molecule has 3 nitrogen and oxygen atoms in total. The summed E-state index contributed by atoms with van der Waals surface area (Å²) in [5.74, 6) is 1.55. The Hall–Kier alpha value is -0.800. The molecule has 0 aromatic carbocycles. The van der Waals surface area contributed by atoms with Crippen LogP contribution >= 0.6 is 0 Å². The van der Waals surface area contributed by atoms with E-state index >= 15 is 0 Å². The maximum Gasteiger partial charge on any atom is 0.105 e. The molecule has 0 saturated carbocycles. The second-order valence-corrected chi connectivity index (χ2v) is 3.97. The maximum absolute atomic E-state index is 5.67. The number of aryl methyl sites for hydroxylation is 1. The smallest absolute Gasteiger partial charge is 0.105 e. The Morgan fingerprint density at radius 2 is 2.21 bits per heavy atom. The van der Waals surface area contributed by atoms with Gasteiger partial charge in [-0.05, 0) is 18.9 Å². The summed E-state index contributed by atoms with van der Waals surface area (Å²) in [6.07, 6.45) is 1.72. The minimum atomic E-state index is 0.379. The lowest BCUT2D eigenvalue weighted by Gasteiger charge is -2.20. The standard InChI is InChI=1S/C11H20N2O/c1-8(2)11(6-12)13-7-10-4-5-14-9(10)3/h4-5,8,11,13H,6-7,12H2,1-3H3. The molecular weight excluding hydrogens is 176 g/mol. The molecular formula is C11H20N2O. The average Bonchev–Trinajstić information content (AvgIpc) is 2.52. The van der Waals surface area contributed by atoms with E-state index in [9.17, 15) is 0 Å². The van der Waals surface area contributed by atoms with Gasteiger partial charge < -0.3 is 15.5 Å². The van der Waals surface area contributed by atoms with Crippen molar-refractivity contribution in [1.29, 1.82) is 0 Å². The van der Waals surface area contributed by atoms with Gasteiger partial charge in [0.05, 0.1) is 6.26 Å². The molecule has 1 unspecified atom stereocenters. The topological polar surface area (TPSA) is 51.2 Å². The Morgan fingerprint density at radius 1 is 1.50 bits per heavy atom. The summed E-state index contributed by atoms with van der Waals surface area (Å²) in [7, 11) is 0. The summed E-state index contributed by atoms with van der Waals surface area (Å²) >= 11 is 0. The van der Waals surface area contributed by atoms with Crippen LogP contribution in [0.25, 0.3) is 0 Å². The molecule has 1 rings (SSSR count). The van der Waals surface area contributed by atoms with Crippen molar-refractivity contribution in [3.8, 4) is 0 Å². The highest BCUT2D eigenvalue weighted by Crippen LogP contribution is 2.09. The molecule has 1 heterocycles. The van der Waals surface area contributed by atoms with Crippen molar-refractivity contribution in [2.75, 3.05) is 6.54 Å². The van der Waals surface area contributed by atoms with Gasteiger partial charge in [-0.15, -0.1) is 0 Å². The van der Waals surface area contributed by atoms with Crippen LogP contribution in [0.5, 0.6) is 0 Å². The molecule has 80 valence electrons. The average molecular weight is 196 g/mol. The summed E-state index contributed by atoms with van der Waals surface area (Å²) in [6, 6.07) is 2.38. The van der Waals surface area contributed by atoms with Gasteiger partial charge in [0.15, 0.2) is 0 Å². The second-order valence-electron chi connectivity index (χ2n) is 3.97. The first-order chi connectivity index (χ1) is 6.65. The molecule has 0 aliphatic rings. The fraction of sp³-hybridized carbons (Fsp3) is 0.636. The highest BCUT2D eigenvalue weighted by atomic mass is 16.3. The molecule has 14 heavy (non-hydrogen) atoms. The van der Waals surface area contributed by atoms with E-state index in [4.69, 9.17) is 10.2 Å². The van der Waals surface area contributed by atoms with Crippen molar-refractivity contribution in [3.63, 3.8) is 0 Å². The SMILES string of the molecule is Cc1occc1CNC(CN)C(C)C. The first-order valence-corrected chi connectivity index (χ1v) is 5.11. The largest absolute Gasteiger partial charge is 0.469 e. The van der Waals surface area contributed by atoms with E-state index in [0.29, 0.717) is 18.5 Å². The second kappa shape index (κ2) is 5.17. The number of rotatable bonds is 5. The lowest BCUT2D eigenvalue weighted by Crippen LogP contribution is -2.39. The molecule has 1 atom stereocenters. The van der Waals surface area contributed by atoms with Gasteiger partial charge in [0.1, 0.15) is 5.76 Å². The third kappa shape index (κ3) is 2.86. The van der Waals surface area contributed by atoms with Gasteiger partial charge in [0, 0.05) is 24.7 Å². The molecule has 0 fully saturated rings. The van der Waals surface area contributed by atoms with Crippen molar-refractivity contribution in [1.82, 2.24) is 5.32 Å². The number of hydrogen-bond acceptors (Lipinski definition) is 3. The van der Waals surface area contributed by atoms with Crippen LogP contribution in [0.4, 0.5) is 0 Å². The molecule has 1 aromatic rings. The van der Waals surface area contributed by atoms with E-state index in [0.717, 1.165) is 12.3 Å². The third-order valence-electron chi connectivity index (χ3n) is 2.58. The summed E-state index contributed by atoms with van der Waals surface area (Å²) in [5.41, 5.74) is 6.88. The Labute approximate surface area is 85.7 Å². The predicted molar refractivity (Wildman–Crippen MR) is 58.0 cm³/mol. The van der Waals surface area contributed by atoms with Gasteiger partial charge in [-0.2, -0.15) is 0 Å². The monoisotopic (exact) mass is 196 g/mol. The Kier molecular flexibility index (Phi) is 4.17. The van der Waals surface area contributed by atoms with Crippen molar-refractivity contribution in [3.05, 3.63) is 23.7 Å². The van der Waals surface area contributed by atoms with Crippen molar-refractivity contribution in [2.24, 2.45) is 11.7 Å². The van der Waals surface area contributed by atoms with Crippen LogP contribution in [0.3, 0.4) is 0 Å². The minimum absolute atomic E-state index is 0.379. The van der Waals surface area contributed by atoms with E-state index in [1.165, 1.54) is 5.56 Å².